The van der Waals surface area contributed by atoms with Crippen molar-refractivity contribution < 1.29 is 21.6 Å². The molecule has 1 saturated heterocycles. The zero-order chi connectivity index (χ0) is 21.2. The van der Waals surface area contributed by atoms with E-state index in [0.717, 1.165) is 0 Å². The van der Waals surface area contributed by atoms with Crippen molar-refractivity contribution in [1.82, 2.24) is 4.31 Å². The van der Waals surface area contributed by atoms with Crippen molar-refractivity contribution in [3.63, 3.8) is 0 Å². The maximum Gasteiger partial charge on any atom is 0.243 e. The lowest BCUT2D eigenvalue weighted by Gasteiger charge is -2.21. The lowest BCUT2D eigenvalue weighted by atomic mass is 10.1. The fraction of sp³-hybridized carbons (Fsp3) is 0.350. The summed E-state index contributed by atoms with van der Waals surface area (Å²) in [6, 6.07) is 13.5. The molecule has 0 spiro atoms. The Balaban J connectivity index is 1.88. The Morgan fingerprint density at radius 1 is 1.10 bits per heavy atom. The number of benzene rings is 2. The smallest absolute Gasteiger partial charge is 0.243 e. The van der Waals surface area contributed by atoms with Crippen LogP contribution in [-0.2, 0) is 24.7 Å². The minimum Gasteiger partial charge on any atom is -0.326 e. The molecule has 0 aliphatic carbocycles. The van der Waals surface area contributed by atoms with Gasteiger partial charge in [0, 0.05) is 25.7 Å². The molecule has 9 heteroatoms. The first-order valence-electron chi connectivity index (χ1n) is 9.26. The predicted molar refractivity (Wildman–Crippen MR) is 112 cm³/mol. The maximum absolute atomic E-state index is 13.2. The fourth-order valence-electron chi connectivity index (χ4n) is 3.56. The number of sulfone groups is 1. The molecule has 29 heavy (non-hydrogen) atoms. The number of hydrogen-bond acceptors (Lipinski definition) is 5. The Morgan fingerprint density at radius 2 is 1.79 bits per heavy atom. The average Bonchev–Trinajstić information content (AvgIpc) is 2.80. The number of nitrogens with zero attached hydrogens (tertiary/aromatic N) is 1. The first-order chi connectivity index (χ1) is 13.6. The van der Waals surface area contributed by atoms with E-state index in [0.29, 0.717) is 16.8 Å². The van der Waals surface area contributed by atoms with Gasteiger partial charge in [-0.1, -0.05) is 30.3 Å². The van der Waals surface area contributed by atoms with Crippen LogP contribution in [0.5, 0.6) is 0 Å². The molecule has 1 aliphatic rings. The number of carbonyl (C=O) groups excluding carboxylic acids is 1. The van der Waals surface area contributed by atoms with E-state index in [-0.39, 0.29) is 36.1 Å². The lowest BCUT2D eigenvalue weighted by Crippen LogP contribution is -2.34. The predicted octanol–water partition coefficient (Wildman–Crippen LogP) is 2.50. The molecule has 1 unspecified atom stereocenters. The minimum atomic E-state index is -3.86. The third-order valence-electron chi connectivity index (χ3n) is 4.98. The van der Waals surface area contributed by atoms with Gasteiger partial charge in [0.2, 0.25) is 15.9 Å². The largest absolute Gasteiger partial charge is 0.326 e. The topological polar surface area (TPSA) is 101 Å². The summed E-state index contributed by atoms with van der Waals surface area (Å²) in [5, 5.41) is 1.91. The summed E-state index contributed by atoms with van der Waals surface area (Å²) in [7, 11) is -7.33. The molecule has 0 saturated carbocycles. The van der Waals surface area contributed by atoms with Gasteiger partial charge in [-0.15, -0.1) is 0 Å². The first-order valence-corrected chi connectivity index (χ1v) is 12.4. The summed E-state index contributed by atoms with van der Waals surface area (Å²) in [6.07, 6.45) is 0.203. The van der Waals surface area contributed by atoms with E-state index in [9.17, 15) is 21.6 Å². The SMILES string of the molecule is CC(=O)Nc1ccc(S(=O)(=O)N2CCC(c3ccccc3)S(=O)(=O)CC2)c(C)c1. The van der Waals surface area contributed by atoms with E-state index in [1.165, 1.54) is 23.4 Å². The molecular formula is C20H24N2O5S2. The van der Waals surface area contributed by atoms with Gasteiger partial charge in [-0.05, 0) is 42.7 Å². The van der Waals surface area contributed by atoms with Crippen LogP contribution in [0.4, 0.5) is 5.69 Å². The molecular weight excluding hydrogens is 412 g/mol. The quantitative estimate of drug-likeness (QED) is 0.794. The van der Waals surface area contributed by atoms with Gasteiger partial charge in [-0.3, -0.25) is 4.79 Å². The van der Waals surface area contributed by atoms with Gasteiger partial charge in [0.15, 0.2) is 9.84 Å². The van der Waals surface area contributed by atoms with Crippen molar-refractivity contribution in [1.29, 1.82) is 0 Å². The number of hydrogen-bond donors (Lipinski definition) is 1. The Kier molecular flexibility index (Phi) is 6.11. The van der Waals surface area contributed by atoms with Crippen LogP contribution >= 0.6 is 0 Å². The number of nitrogens with one attached hydrogen (secondary N) is 1. The summed E-state index contributed by atoms with van der Waals surface area (Å²) < 4.78 is 53.2. The Morgan fingerprint density at radius 3 is 2.41 bits per heavy atom. The molecule has 1 fully saturated rings. The van der Waals surface area contributed by atoms with Gasteiger partial charge in [-0.25, -0.2) is 16.8 Å². The zero-order valence-corrected chi connectivity index (χ0v) is 18.0. The van der Waals surface area contributed by atoms with Gasteiger partial charge in [0.05, 0.1) is 15.9 Å². The number of carbonyl (C=O) groups is 1. The number of anilines is 1. The molecule has 3 rings (SSSR count). The van der Waals surface area contributed by atoms with Crippen LogP contribution in [0, 0.1) is 6.92 Å². The van der Waals surface area contributed by atoms with Crippen LogP contribution in [0.1, 0.15) is 29.7 Å². The molecule has 156 valence electrons. The van der Waals surface area contributed by atoms with Crippen molar-refractivity contribution in [3.05, 3.63) is 59.7 Å². The summed E-state index contributed by atoms with van der Waals surface area (Å²) in [6.45, 7) is 3.06. The average molecular weight is 437 g/mol. The highest BCUT2D eigenvalue weighted by Crippen LogP contribution is 2.32. The van der Waals surface area contributed by atoms with Crippen LogP contribution in [-0.4, -0.2) is 45.9 Å². The Hall–Kier alpha value is -2.23. The minimum absolute atomic E-state index is 0.0825. The number of rotatable bonds is 4. The fourth-order valence-corrected chi connectivity index (χ4v) is 7.14. The summed E-state index contributed by atoms with van der Waals surface area (Å²) in [4.78, 5) is 11.3. The molecule has 2 aromatic carbocycles. The third-order valence-corrected chi connectivity index (χ3v) is 9.17. The second kappa shape index (κ2) is 8.25. The van der Waals surface area contributed by atoms with Gasteiger partial charge in [0.25, 0.3) is 0 Å². The number of amides is 1. The molecule has 7 nitrogen and oxygen atoms in total. The van der Waals surface area contributed by atoms with Crippen LogP contribution in [0.25, 0.3) is 0 Å². The third kappa shape index (κ3) is 4.68. The van der Waals surface area contributed by atoms with Crippen LogP contribution < -0.4 is 5.32 Å². The standard InChI is InChI=1S/C20H24N2O5S2/c1-15-14-18(21-16(2)23)8-9-19(15)29(26,27)22-11-10-20(28(24,25)13-12-22)17-6-4-3-5-7-17/h3-9,14,20H,10-13H2,1-2H3,(H,21,23). The highest BCUT2D eigenvalue weighted by molar-refractivity contribution is 7.92. The second-order valence-corrected chi connectivity index (χ2v) is 11.3. The van der Waals surface area contributed by atoms with E-state index < -0.39 is 25.1 Å². The van der Waals surface area contributed by atoms with E-state index in [4.69, 9.17) is 0 Å². The first kappa shape index (κ1) is 21.5. The molecule has 0 bridgehead atoms. The van der Waals surface area contributed by atoms with E-state index in [2.05, 4.69) is 5.32 Å². The van der Waals surface area contributed by atoms with Crippen molar-refractivity contribution in [2.24, 2.45) is 0 Å². The molecule has 0 aromatic heterocycles. The normalized spacial score (nSPS) is 20.0. The molecule has 2 aromatic rings. The van der Waals surface area contributed by atoms with E-state index in [1.54, 1.807) is 37.3 Å². The molecule has 1 aliphatic heterocycles. The van der Waals surface area contributed by atoms with Gasteiger partial charge < -0.3 is 5.32 Å². The van der Waals surface area contributed by atoms with Crippen molar-refractivity contribution in [2.75, 3.05) is 24.2 Å². The van der Waals surface area contributed by atoms with Gasteiger partial charge in [-0.2, -0.15) is 4.31 Å². The van der Waals surface area contributed by atoms with E-state index in [1.807, 2.05) is 6.07 Å². The highest BCUT2D eigenvalue weighted by atomic mass is 32.2. The van der Waals surface area contributed by atoms with Crippen molar-refractivity contribution >= 4 is 31.5 Å². The molecule has 1 atom stereocenters. The number of aryl methyl sites for hydroxylation is 1. The monoisotopic (exact) mass is 436 g/mol. The van der Waals surface area contributed by atoms with Gasteiger partial charge >= 0.3 is 0 Å². The zero-order valence-electron chi connectivity index (χ0n) is 16.3. The summed E-state index contributed by atoms with van der Waals surface area (Å²) >= 11 is 0. The second-order valence-electron chi connectivity index (χ2n) is 7.12. The molecule has 1 heterocycles. The molecule has 1 amide bonds. The van der Waals surface area contributed by atoms with E-state index >= 15 is 0 Å². The summed E-state index contributed by atoms with van der Waals surface area (Å²) in [5.74, 6) is -0.473. The maximum atomic E-state index is 13.2. The molecule has 1 N–H and O–H groups in total. The van der Waals surface area contributed by atoms with Crippen LogP contribution in [0.15, 0.2) is 53.4 Å². The number of sulfonamides is 1. The summed E-state index contributed by atoms with van der Waals surface area (Å²) in [5.41, 5.74) is 1.68. The van der Waals surface area contributed by atoms with Crippen molar-refractivity contribution in [2.45, 2.75) is 30.4 Å². The van der Waals surface area contributed by atoms with Crippen molar-refractivity contribution in [3.8, 4) is 0 Å². The highest BCUT2D eigenvalue weighted by Gasteiger charge is 2.36. The molecule has 0 radical (unpaired) electrons. The van der Waals surface area contributed by atoms with Crippen LogP contribution in [0.3, 0.4) is 0 Å². The van der Waals surface area contributed by atoms with Crippen LogP contribution in [0.2, 0.25) is 0 Å². The van der Waals surface area contributed by atoms with Gasteiger partial charge in [0.1, 0.15) is 0 Å². The Labute approximate surface area is 171 Å². The lowest BCUT2D eigenvalue weighted by molar-refractivity contribution is -0.114. The Bertz CT molecular complexity index is 1110.